The third-order valence-electron chi connectivity index (χ3n) is 4.53. The molecule has 0 saturated carbocycles. The van der Waals surface area contributed by atoms with Crippen molar-refractivity contribution in [2.24, 2.45) is 0 Å². The Morgan fingerprint density at radius 1 is 1.12 bits per heavy atom. The number of sulfonamides is 1. The molecule has 3 N–H and O–H groups in total. The van der Waals surface area contributed by atoms with Crippen LogP contribution >= 0.6 is 0 Å². The van der Waals surface area contributed by atoms with Gasteiger partial charge in [-0.1, -0.05) is 28.2 Å². The van der Waals surface area contributed by atoms with Crippen LogP contribution in [0, 0.1) is 11.6 Å². The average Bonchev–Trinajstić information content (AvgIpc) is 3.47. The van der Waals surface area contributed by atoms with E-state index in [1.54, 1.807) is 30.3 Å². The SMILES string of the molecule is O=S(=O)(CCNc1nc(-c2cc(-c3ccon3)n(Cc3ccccc3F)n2)ncc1F)NO. The van der Waals surface area contributed by atoms with Gasteiger partial charge in [0.05, 0.1) is 24.2 Å². The number of anilines is 1. The molecule has 14 heteroatoms. The fourth-order valence-corrected chi connectivity index (χ4v) is 3.41. The van der Waals surface area contributed by atoms with Crippen LogP contribution in [0.2, 0.25) is 0 Å². The summed E-state index contributed by atoms with van der Waals surface area (Å²) in [5, 5.41) is 19.4. The van der Waals surface area contributed by atoms with E-state index in [2.05, 4.69) is 25.5 Å². The van der Waals surface area contributed by atoms with Crippen LogP contribution in [-0.4, -0.2) is 50.8 Å². The molecule has 0 aliphatic heterocycles. The Bertz CT molecular complexity index is 1360. The van der Waals surface area contributed by atoms with E-state index in [9.17, 15) is 17.2 Å². The minimum atomic E-state index is -3.91. The maximum absolute atomic E-state index is 14.2. The highest BCUT2D eigenvalue weighted by Crippen LogP contribution is 2.25. The molecule has 172 valence electrons. The number of nitrogens with one attached hydrogen (secondary N) is 2. The van der Waals surface area contributed by atoms with Crippen molar-refractivity contribution in [3.8, 4) is 22.9 Å². The third kappa shape index (κ3) is 5.19. The quantitative estimate of drug-likeness (QED) is 0.308. The van der Waals surface area contributed by atoms with Gasteiger partial charge in [0.15, 0.2) is 17.5 Å². The number of hydrogen-bond donors (Lipinski definition) is 3. The number of hydrogen-bond acceptors (Lipinski definition) is 9. The lowest BCUT2D eigenvalue weighted by atomic mass is 10.2. The smallest absolute Gasteiger partial charge is 0.235 e. The lowest BCUT2D eigenvalue weighted by molar-refractivity contribution is 0.243. The van der Waals surface area contributed by atoms with Crippen molar-refractivity contribution in [3.63, 3.8) is 0 Å². The summed E-state index contributed by atoms with van der Waals surface area (Å²) in [6, 6.07) is 9.43. The van der Waals surface area contributed by atoms with Gasteiger partial charge in [-0.15, -0.1) is 0 Å². The second-order valence-corrected chi connectivity index (χ2v) is 8.60. The first-order valence-corrected chi connectivity index (χ1v) is 11.1. The van der Waals surface area contributed by atoms with Crippen molar-refractivity contribution in [1.29, 1.82) is 0 Å². The normalized spacial score (nSPS) is 11.6. The van der Waals surface area contributed by atoms with Crippen LogP contribution in [0.1, 0.15) is 5.56 Å². The highest BCUT2D eigenvalue weighted by atomic mass is 32.2. The van der Waals surface area contributed by atoms with E-state index in [1.807, 2.05) is 0 Å². The molecular formula is C19H17F2N7O4S. The van der Waals surface area contributed by atoms with Gasteiger partial charge in [0, 0.05) is 18.2 Å². The molecule has 0 aliphatic carbocycles. The summed E-state index contributed by atoms with van der Waals surface area (Å²) in [4.78, 5) is 9.21. The summed E-state index contributed by atoms with van der Waals surface area (Å²) >= 11 is 0. The molecule has 0 fully saturated rings. The van der Waals surface area contributed by atoms with Gasteiger partial charge in [-0.25, -0.2) is 27.2 Å². The zero-order valence-electron chi connectivity index (χ0n) is 16.8. The van der Waals surface area contributed by atoms with E-state index in [0.29, 0.717) is 17.0 Å². The number of rotatable bonds is 9. The average molecular weight is 477 g/mol. The van der Waals surface area contributed by atoms with Gasteiger partial charge in [0.2, 0.25) is 10.0 Å². The van der Waals surface area contributed by atoms with Gasteiger partial charge >= 0.3 is 0 Å². The maximum Gasteiger partial charge on any atom is 0.235 e. The monoisotopic (exact) mass is 477 g/mol. The molecule has 4 rings (SSSR count). The molecule has 3 heterocycles. The van der Waals surface area contributed by atoms with Crippen LogP contribution in [0.3, 0.4) is 0 Å². The first-order chi connectivity index (χ1) is 15.9. The van der Waals surface area contributed by atoms with Crippen molar-refractivity contribution in [2.45, 2.75) is 6.54 Å². The molecule has 4 aromatic rings. The second-order valence-electron chi connectivity index (χ2n) is 6.78. The second kappa shape index (κ2) is 9.40. The molecule has 0 bridgehead atoms. The maximum atomic E-state index is 14.2. The van der Waals surface area contributed by atoms with Crippen molar-refractivity contribution < 1.29 is 26.9 Å². The van der Waals surface area contributed by atoms with E-state index in [-0.39, 0.29) is 30.4 Å². The highest BCUT2D eigenvalue weighted by molar-refractivity contribution is 7.89. The predicted octanol–water partition coefficient (Wildman–Crippen LogP) is 2.04. The first kappa shape index (κ1) is 22.4. The fourth-order valence-electron chi connectivity index (χ4n) is 2.95. The lowest BCUT2D eigenvalue weighted by Crippen LogP contribution is -2.27. The molecular weight excluding hydrogens is 460 g/mol. The molecule has 0 unspecified atom stereocenters. The molecule has 3 aromatic heterocycles. The minimum Gasteiger partial charge on any atom is -0.366 e. The molecule has 33 heavy (non-hydrogen) atoms. The number of aromatic nitrogens is 5. The summed E-state index contributed by atoms with van der Waals surface area (Å²) in [7, 11) is -3.91. The summed E-state index contributed by atoms with van der Waals surface area (Å²) in [5.74, 6) is -1.94. The van der Waals surface area contributed by atoms with Gasteiger partial charge in [0.25, 0.3) is 0 Å². The number of halogens is 2. The third-order valence-corrected chi connectivity index (χ3v) is 5.55. The molecule has 0 saturated heterocycles. The molecule has 0 radical (unpaired) electrons. The summed E-state index contributed by atoms with van der Waals surface area (Å²) in [5.41, 5.74) is 1.56. The van der Waals surface area contributed by atoms with Crippen molar-refractivity contribution >= 4 is 15.8 Å². The van der Waals surface area contributed by atoms with E-state index in [4.69, 9.17) is 9.73 Å². The topological polar surface area (TPSA) is 148 Å². The summed E-state index contributed by atoms with van der Waals surface area (Å²) in [6.45, 7) is -0.150. The van der Waals surface area contributed by atoms with Gasteiger partial charge < -0.3 is 15.0 Å². The van der Waals surface area contributed by atoms with Crippen molar-refractivity contribution in [3.05, 3.63) is 66.1 Å². The molecule has 0 atom stereocenters. The van der Waals surface area contributed by atoms with Crippen LogP contribution in [0.15, 0.2) is 53.4 Å². The van der Waals surface area contributed by atoms with Gasteiger partial charge in [-0.3, -0.25) is 4.68 Å². The first-order valence-electron chi connectivity index (χ1n) is 9.48. The fraction of sp³-hybridized carbons (Fsp3) is 0.158. The van der Waals surface area contributed by atoms with Crippen molar-refractivity contribution in [1.82, 2.24) is 29.8 Å². The zero-order valence-corrected chi connectivity index (χ0v) is 17.6. The molecule has 0 amide bonds. The standard InChI is InChI=1S/C19H17F2N7O4S/c20-13-4-2-1-3-12(13)11-28-17(15-5-7-32-26-15)9-16(25-28)19-23-10-14(21)18(24-19)22-6-8-33(30,31)27-29/h1-5,7,9-10,27,29H,6,8,11H2,(H,22,23,24). The number of nitrogens with zero attached hydrogens (tertiary/aromatic N) is 5. The largest absolute Gasteiger partial charge is 0.366 e. The molecule has 1 aromatic carbocycles. The van der Waals surface area contributed by atoms with Gasteiger partial charge in [-0.2, -0.15) is 5.10 Å². The Morgan fingerprint density at radius 2 is 1.94 bits per heavy atom. The Kier molecular flexibility index (Phi) is 6.39. The Labute approximate surface area is 186 Å². The van der Waals surface area contributed by atoms with Crippen LogP contribution in [0.5, 0.6) is 0 Å². The van der Waals surface area contributed by atoms with E-state index < -0.39 is 27.4 Å². The highest BCUT2D eigenvalue weighted by Gasteiger charge is 2.18. The molecule has 11 nitrogen and oxygen atoms in total. The van der Waals surface area contributed by atoms with Crippen molar-refractivity contribution in [2.75, 3.05) is 17.6 Å². The van der Waals surface area contributed by atoms with Gasteiger partial charge in [0.1, 0.15) is 23.5 Å². The van der Waals surface area contributed by atoms with E-state index in [0.717, 1.165) is 6.20 Å². The summed E-state index contributed by atoms with van der Waals surface area (Å²) in [6.07, 6.45) is 2.29. The van der Waals surface area contributed by atoms with Gasteiger partial charge in [-0.05, 0) is 12.1 Å². The predicted molar refractivity (Wildman–Crippen MR) is 111 cm³/mol. The Hall–Kier alpha value is -3.75. The van der Waals surface area contributed by atoms with Crippen LogP contribution in [0.4, 0.5) is 14.6 Å². The van der Waals surface area contributed by atoms with E-state index in [1.165, 1.54) is 21.9 Å². The van der Waals surface area contributed by atoms with Crippen LogP contribution < -0.4 is 10.2 Å². The molecule has 0 aliphatic rings. The number of benzene rings is 1. The minimum absolute atomic E-state index is 0.0408. The van der Waals surface area contributed by atoms with Crippen LogP contribution in [0.25, 0.3) is 22.9 Å². The zero-order chi connectivity index (χ0) is 23.4. The van der Waals surface area contributed by atoms with E-state index >= 15 is 0 Å². The lowest BCUT2D eigenvalue weighted by Gasteiger charge is -2.07. The van der Waals surface area contributed by atoms with Crippen LogP contribution in [-0.2, 0) is 16.6 Å². The Morgan fingerprint density at radius 3 is 2.67 bits per heavy atom. The summed E-state index contributed by atoms with van der Waals surface area (Å²) < 4.78 is 57.3. The Balaban J connectivity index is 1.66. The molecule has 0 spiro atoms.